The summed E-state index contributed by atoms with van der Waals surface area (Å²) in [6.45, 7) is 11.4. The topological polar surface area (TPSA) is 12.0 Å². The van der Waals surface area contributed by atoms with Crippen LogP contribution < -0.4 is 5.32 Å². The van der Waals surface area contributed by atoms with Gasteiger partial charge in [0.15, 0.2) is 0 Å². The molecule has 0 aliphatic heterocycles. The molecule has 0 saturated heterocycles. The molecule has 1 nitrogen and oxygen atoms in total. The highest BCUT2D eigenvalue weighted by molar-refractivity contribution is 5.54. The first-order chi connectivity index (χ1) is 8.49. The molecule has 1 atom stereocenters. The molecule has 0 heterocycles. The largest absolute Gasteiger partial charge is 0.382 e. The molecule has 18 heavy (non-hydrogen) atoms. The third kappa shape index (κ3) is 4.36. The number of hydrogen-bond donors (Lipinski definition) is 1. The minimum Gasteiger partial charge on any atom is -0.382 e. The first kappa shape index (κ1) is 15.1. The van der Waals surface area contributed by atoms with Gasteiger partial charge in [0.05, 0.1) is 0 Å². The molecule has 0 saturated carbocycles. The summed E-state index contributed by atoms with van der Waals surface area (Å²) in [6, 6.07) is 9.33. The van der Waals surface area contributed by atoms with Gasteiger partial charge >= 0.3 is 0 Å². The summed E-state index contributed by atoms with van der Waals surface area (Å²) in [6.07, 6.45) is 5.05. The van der Waals surface area contributed by atoms with E-state index in [9.17, 15) is 0 Å². The molecular formula is C17H29N. The lowest BCUT2D eigenvalue weighted by Gasteiger charge is -2.26. The number of hydrogen-bond acceptors (Lipinski definition) is 1. The van der Waals surface area contributed by atoms with Crippen LogP contribution in [0.1, 0.15) is 65.9 Å². The third-order valence-corrected chi connectivity index (χ3v) is 3.49. The number of nitrogens with one attached hydrogen (secondary N) is 1. The van der Waals surface area contributed by atoms with Crippen LogP contribution in [0.5, 0.6) is 0 Å². The van der Waals surface area contributed by atoms with Gasteiger partial charge in [-0.05, 0) is 29.9 Å². The maximum atomic E-state index is 3.74. The molecule has 0 radical (unpaired) electrons. The SMILES string of the molecule is CCCCC(CC)Nc1ccccc1C(C)(C)C. The second-order valence-electron chi connectivity index (χ2n) is 6.19. The van der Waals surface area contributed by atoms with E-state index in [2.05, 4.69) is 64.2 Å². The lowest BCUT2D eigenvalue weighted by Crippen LogP contribution is -2.22. The van der Waals surface area contributed by atoms with Gasteiger partial charge in [0.1, 0.15) is 0 Å². The zero-order valence-corrected chi connectivity index (χ0v) is 12.7. The average Bonchev–Trinajstić information content (AvgIpc) is 2.33. The van der Waals surface area contributed by atoms with E-state index in [0.29, 0.717) is 6.04 Å². The van der Waals surface area contributed by atoms with E-state index in [0.717, 1.165) is 0 Å². The van der Waals surface area contributed by atoms with Crippen molar-refractivity contribution in [1.82, 2.24) is 0 Å². The second-order valence-corrected chi connectivity index (χ2v) is 6.19. The van der Waals surface area contributed by atoms with Crippen LogP contribution in [0.25, 0.3) is 0 Å². The van der Waals surface area contributed by atoms with Crippen molar-refractivity contribution in [3.63, 3.8) is 0 Å². The van der Waals surface area contributed by atoms with Crippen LogP contribution in [0.4, 0.5) is 5.69 Å². The first-order valence-corrected chi connectivity index (χ1v) is 7.35. The zero-order chi connectivity index (χ0) is 13.6. The lowest BCUT2D eigenvalue weighted by molar-refractivity contribution is 0.575. The number of anilines is 1. The first-order valence-electron chi connectivity index (χ1n) is 7.35. The molecule has 1 aromatic carbocycles. The van der Waals surface area contributed by atoms with E-state index in [-0.39, 0.29) is 5.41 Å². The molecule has 0 fully saturated rings. The Morgan fingerprint density at radius 3 is 2.33 bits per heavy atom. The van der Waals surface area contributed by atoms with Crippen LogP contribution in [-0.4, -0.2) is 6.04 Å². The Morgan fingerprint density at radius 1 is 1.11 bits per heavy atom. The fourth-order valence-electron chi connectivity index (χ4n) is 2.31. The highest BCUT2D eigenvalue weighted by atomic mass is 14.9. The van der Waals surface area contributed by atoms with Crippen LogP contribution in [0.15, 0.2) is 24.3 Å². The van der Waals surface area contributed by atoms with Gasteiger partial charge in [0.2, 0.25) is 0 Å². The molecular weight excluding hydrogens is 218 g/mol. The van der Waals surface area contributed by atoms with E-state index >= 15 is 0 Å². The molecule has 0 amide bonds. The number of benzene rings is 1. The quantitative estimate of drug-likeness (QED) is 0.713. The van der Waals surface area contributed by atoms with Gasteiger partial charge in [-0.2, -0.15) is 0 Å². The molecule has 0 aromatic heterocycles. The van der Waals surface area contributed by atoms with Crippen molar-refractivity contribution < 1.29 is 0 Å². The molecule has 102 valence electrons. The molecule has 0 bridgehead atoms. The summed E-state index contributed by atoms with van der Waals surface area (Å²) < 4.78 is 0. The van der Waals surface area contributed by atoms with Crippen LogP contribution in [0, 0.1) is 0 Å². The number of rotatable bonds is 6. The fourth-order valence-corrected chi connectivity index (χ4v) is 2.31. The standard InChI is InChI=1S/C17H29N/c1-6-8-11-14(7-2)18-16-13-10-9-12-15(16)17(3,4)5/h9-10,12-14,18H,6-8,11H2,1-5H3. The Bertz CT molecular complexity index is 349. The lowest BCUT2D eigenvalue weighted by atomic mass is 9.85. The molecule has 1 N–H and O–H groups in total. The second kappa shape index (κ2) is 6.82. The molecule has 1 rings (SSSR count). The minimum atomic E-state index is 0.201. The summed E-state index contributed by atoms with van der Waals surface area (Å²) in [5.74, 6) is 0. The van der Waals surface area contributed by atoms with E-state index in [1.807, 2.05) is 0 Å². The van der Waals surface area contributed by atoms with Crippen molar-refractivity contribution >= 4 is 5.69 Å². The van der Waals surface area contributed by atoms with Crippen molar-refractivity contribution in [2.24, 2.45) is 0 Å². The normalized spacial score (nSPS) is 13.4. The summed E-state index contributed by atoms with van der Waals surface area (Å²) in [4.78, 5) is 0. The highest BCUT2D eigenvalue weighted by Crippen LogP contribution is 2.30. The molecule has 0 spiro atoms. The Labute approximate surface area is 113 Å². The van der Waals surface area contributed by atoms with Gasteiger partial charge in [0.25, 0.3) is 0 Å². The van der Waals surface area contributed by atoms with Gasteiger partial charge in [-0.1, -0.05) is 65.7 Å². The Balaban J connectivity index is 2.82. The average molecular weight is 247 g/mol. The number of unbranched alkanes of at least 4 members (excludes halogenated alkanes) is 1. The summed E-state index contributed by atoms with van der Waals surface area (Å²) >= 11 is 0. The monoisotopic (exact) mass is 247 g/mol. The third-order valence-electron chi connectivity index (χ3n) is 3.49. The van der Waals surface area contributed by atoms with E-state index in [4.69, 9.17) is 0 Å². The predicted octanol–water partition coefficient (Wildman–Crippen LogP) is 5.36. The Kier molecular flexibility index (Phi) is 5.71. The maximum absolute atomic E-state index is 3.74. The number of para-hydroxylation sites is 1. The van der Waals surface area contributed by atoms with Crippen LogP contribution >= 0.6 is 0 Å². The summed E-state index contributed by atoms with van der Waals surface area (Å²) in [5, 5.41) is 3.74. The molecule has 1 aromatic rings. The van der Waals surface area contributed by atoms with Crippen molar-refractivity contribution in [2.75, 3.05) is 5.32 Å². The highest BCUT2D eigenvalue weighted by Gasteiger charge is 2.18. The van der Waals surface area contributed by atoms with E-state index < -0.39 is 0 Å². The van der Waals surface area contributed by atoms with Crippen LogP contribution in [-0.2, 0) is 5.41 Å². The fraction of sp³-hybridized carbons (Fsp3) is 0.647. The molecule has 0 aliphatic carbocycles. The Hall–Kier alpha value is -0.980. The zero-order valence-electron chi connectivity index (χ0n) is 12.7. The van der Waals surface area contributed by atoms with Gasteiger partial charge in [-0.15, -0.1) is 0 Å². The molecule has 0 aliphatic rings. The van der Waals surface area contributed by atoms with Crippen LogP contribution in [0.3, 0.4) is 0 Å². The predicted molar refractivity (Wildman–Crippen MR) is 82.4 cm³/mol. The summed E-state index contributed by atoms with van der Waals surface area (Å²) in [5.41, 5.74) is 2.93. The van der Waals surface area contributed by atoms with Gasteiger partial charge in [-0.3, -0.25) is 0 Å². The maximum Gasteiger partial charge on any atom is 0.0380 e. The van der Waals surface area contributed by atoms with Crippen molar-refractivity contribution in [3.05, 3.63) is 29.8 Å². The summed E-state index contributed by atoms with van der Waals surface area (Å²) in [7, 11) is 0. The molecule has 1 unspecified atom stereocenters. The van der Waals surface area contributed by atoms with Crippen LogP contribution in [0.2, 0.25) is 0 Å². The van der Waals surface area contributed by atoms with Crippen molar-refractivity contribution in [2.45, 2.75) is 71.8 Å². The van der Waals surface area contributed by atoms with E-state index in [1.54, 1.807) is 0 Å². The van der Waals surface area contributed by atoms with E-state index in [1.165, 1.54) is 36.9 Å². The Morgan fingerprint density at radius 2 is 1.78 bits per heavy atom. The van der Waals surface area contributed by atoms with Gasteiger partial charge in [-0.25, -0.2) is 0 Å². The van der Waals surface area contributed by atoms with Gasteiger partial charge < -0.3 is 5.32 Å². The smallest absolute Gasteiger partial charge is 0.0380 e. The molecule has 1 heteroatoms. The van der Waals surface area contributed by atoms with Crippen molar-refractivity contribution in [1.29, 1.82) is 0 Å². The minimum absolute atomic E-state index is 0.201. The van der Waals surface area contributed by atoms with Gasteiger partial charge in [0, 0.05) is 11.7 Å². The van der Waals surface area contributed by atoms with Crippen molar-refractivity contribution in [3.8, 4) is 0 Å².